The molecule has 2 aliphatic rings. The van der Waals surface area contributed by atoms with Crippen LogP contribution in [0.15, 0.2) is 176 Å². The van der Waals surface area contributed by atoms with E-state index in [1.807, 2.05) is 11.3 Å². The highest BCUT2D eigenvalue weighted by atomic mass is 32.1. The predicted molar refractivity (Wildman–Crippen MR) is 219 cm³/mol. The summed E-state index contributed by atoms with van der Waals surface area (Å²) in [6.45, 7) is 0. The molecule has 0 atom stereocenters. The molecule has 10 aromatic rings. The Morgan fingerprint density at radius 2 is 0.923 bits per heavy atom. The quantitative estimate of drug-likeness (QED) is 0.166. The first-order chi connectivity index (χ1) is 25.8. The molecule has 0 saturated carbocycles. The molecule has 1 nitrogen and oxygen atoms in total. The zero-order chi connectivity index (χ0) is 34.0. The third-order valence-electron chi connectivity index (χ3n) is 11.7. The topological polar surface area (TPSA) is 12.9 Å². The van der Waals surface area contributed by atoms with Crippen molar-refractivity contribution >= 4 is 53.2 Å². The fourth-order valence-electron chi connectivity index (χ4n) is 9.60. The molecule has 12 rings (SSSR count). The summed E-state index contributed by atoms with van der Waals surface area (Å²) in [5, 5.41) is 6.29. The molecule has 2 aromatic heterocycles. The molecular weight excluding hydrogens is 647 g/mol. The van der Waals surface area contributed by atoms with Crippen LogP contribution in [0.2, 0.25) is 0 Å². The lowest BCUT2D eigenvalue weighted by atomic mass is 9.70. The van der Waals surface area contributed by atoms with Gasteiger partial charge >= 0.3 is 0 Å². The minimum atomic E-state index is -0.362. The van der Waals surface area contributed by atoms with Gasteiger partial charge in [0.1, 0.15) is 0 Å². The molecule has 0 saturated heterocycles. The number of nitrogens with zero attached hydrogens (tertiary/aromatic N) is 1. The van der Waals surface area contributed by atoms with E-state index in [0.29, 0.717) is 0 Å². The number of thiophene rings is 1. The molecule has 0 amide bonds. The van der Waals surface area contributed by atoms with Crippen molar-refractivity contribution in [2.75, 3.05) is 0 Å². The molecule has 2 heterocycles. The zero-order valence-electron chi connectivity index (χ0n) is 28.1. The van der Waals surface area contributed by atoms with Gasteiger partial charge in [-0.2, -0.15) is 0 Å². The van der Waals surface area contributed by atoms with Crippen LogP contribution in [0.3, 0.4) is 0 Å². The Morgan fingerprint density at radius 1 is 0.365 bits per heavy atom. The van der Waals surface area contributed by atoms with E-state index in [-0.39, 0.29) is 5.41 Å². The summed E-state index contributed by atoms with van der Waals surface area (Å²) in [5.74, 6) is 0. The summed E-state index contributed by atoms with van der Waals surface area (Å²) < 4.78 is 2.64. The maximum atomic E-state index is 5.22. The first-order valence-electron chi connectivity index (χ1n) is 18.0. The molecule has 240 valence electrons. The highest BCUT2D eigenvalue weighted by molar-refractivity contribution is 7.27. The lowest BCUT2D eigenvalue weighted by Gasteiger charge is -2.30. The van der Waals surface area contributed by atoms with E-state index in [4.69, 9.17) is 4.98 Å². The summed E-state index contributed by atoms with van der Waals surface area (Å²) in [6, 6.07) is 65.1. The highest BCUT2D eigenvalue weighted by Gasteiger charge is 2.51. The molecular formula is C50H29NS. The molecule has 0 N–H and O–H groups in total. The normalized spacial score (nSPS) is 13.5. The summed E-state index contributed by atoms with van der Waals surface area (Å²) in [4.78, 5) is 5.22. The number of fused-ring (bicyclic) bond motifs is 17. The van der Waals surface area contributed by atoms with Crippen LogP contribution in [0, 0.1) is 0 Å². The van der Waals surface area contributed by atoms with Gasteiger partial charge in [-0.3, -0.25) is 0 Å². The van der Waals surface area contributed by atoms with E-state index in [1.165, 1.54) is 92.0 Å². The van der Waals surface area contributed by atoms with Gasteiger partial charge in [-0.05, 0) is 67.8 Å². The van der Waals surface area contributed by atoms with Gasteiger partial charge in [0.15, 0.2) is 0 Å². The van der Waals surface area contributed by atoms with Crippen molar-refractivity contribution in [3.8, 4) is 44.6 Å². The minimum absolute atomic E-state index is 0.362. The standard InChI is InChI=1S/C50H29NS/c1-2-13-30(14-3-1)47-40-28-27-38-37-20-12-19-32(48(37)52-49(38)46(40)39-18-7-11-24-45(39)51-47)31-25-26-36-35-17-6-10-23-43(35)50(44(36)29-31)41-21-8-4-15-33(41)34-16-5-9-22-42(34)50/h1-29H. The van der Waals surface area contributed by atoms with Gasteiger partial charge in [-0.25, -0.2) is 4.98 Å². The fourth-order valence-corrected chi connectivity index (χ4v) is 11.0. The maximum Gasteiger partial charge on any atom is 0.0788 e. The van der Waals surface area contributed by atoms with Gasteiger partial charge in [0, 0.05) is 41.9 Å². The Morgan fingerprint density at radius 3 is 1.65 bits per heavy atom. The molecule has 0 unspecified atom stereocenters. The van der Waals surface area contributed by atoms with Gasteiger partial charge in [0.25, 0.3) is 0 Å². The number of para-hydroxylation sites is 1. The lowest BCUT2D eigenvalue weighted by molar-refractivity contribution is 0.794. The molecule has 0 aliphatic heterocycles. The molecule has 0 bridgehead atoms. The Balaban J connectivity index is 1.14. The van der Waals surface area contributed by atoms with E-state index in [2.05, 4.69) is 176 Å². The van der Waals surface area contributed by atoms with Gasteiger partial charge in [0.05, 0.1) is 16.6 Å². The average Bonchev–Trinajstić information content (AvgIpc) is 3.85. The Hall–Kier alpha value is -6.35. The van der Waals surface area contributed by atoms with Crippen LogP contribution in [0.4, 0.5) is 0 Å². The van der Waals surface area contributed by atoms with Gasteiger partial charge in [-0.15, -0.1) is 11.3 Å². The van der Waals surface area contributed by atoms with E-state index in [0.717, 1.165) is 16.8 Å². The maximum absolute atomic E-state index is 5.22. The molecule has 2 aliphatic carbocycles. The van der Waals surface area contributed by atoms with Crippen molar-refractivity contribution in [2.24, 2.45) is 0 Å². The minimum Gasteiger partial charge on any atom is -0.247 e. The van der Waals surface area contributed by atoms with Crippen LogP contribution >= 0.6 is 11.3 Å². The number of hydrogen-bond donors (Lipinski definition) is 0. The molecule has 0 fully saturated rings. The third kappa shape index (κ3) is 3.55. The number of pyridine rings is 1. The first kappa shape index (κ1) is 28.4. The van der Waals surface area contributed by atoms with Gasteiger partial charge < -0.3 is 0 Å². The lowest BCUT2D eigenvalue weighted by Crippen LogP contribution is -2.25. The molecule has 2 heteroatoms. The Bertz CT molecular complexity index is 3070. The van der Waals surface area contributed by atoms with Crippen molar-refractivity contribution in [3.05, 3.63) is 198 Å². The van der Waals surface area contributed by atoms with Crippen LogP contribution < -0.4 is 0 Å². The second kappa shape index (κ2) is 10.4. The van der Waals surface area contributed by atoms with Crippen molar-refractivity contribution in [1.82, 2.24) is 4.98 Å². The second-order valence-corrected chi connectivity index (χ2v) is 15.2. The Labute approximate surface area is 305 Å². The smallest absolute Gasteiger partial charge is 0.0788 e. The number of hydrogen-bond acceptors (Lipinski definition) is 2. The number of aromatic nitrogens is 1. The summed E-state index contributed by atoms with van der Waals surface area (Å²) in [6.07, 6.45) is 0. The SMILES string of the molecule is c1ccc(-c2nc3ccccc3c3c2ccc2c4cccc(-c5ccc6c(c5)C5(c7ccccc7-c7ccccc75)c5ccccc5-6)c4sc23)cc1. The number of benzene rings is 8. The Kier molecular flexibility index (Phi) is 5.65. The van der Waals surface area contributed by atoms with E-state index < -0.39 is 0 Å². The molecule has 1 spiro atoms. The van der Waals surface area contributed by atoms with Crippen molar-refractivity contribution in [3.63, 3.8) is 0 Å². The number of rotatable bonds is 2. The predicted octanol–water partition coefficient (Wildman–Crippen LogP) is 13.4. The van der Waals surface area contributed by atoms with E-state index in [9.17, 15) is 0 Å². The molecule has 52 heavy (non-hydrogen) atoms. The molecule has 8 aromatic carbocycles. The highest BCUT2D eigenvalue weighted by Crippen LogP contribution is 2.63. The van der Waals surface area contributed by atoms with Crippen molar-refractivity contribution in [2.45, 2.75) is 5.41 Å². The third-order valence-corrected chi connectivity index (χ3v) is 13.0. The van der Waals surface area contributed by atoms with Crippen LogP contribution in [0.5, 0.6) is 0 Å². The summed E-state index contributed by atoms with van der Waals surface area (Å²) in [5.41, 5.74) is 16.2. The van der Waals surface area contributed by atoms with E-state index >= 15 is 0 Å². The zero-order valence-corrected chi connectivity index (χ0v) is 28.9. The van der Waals surface area contributed by atoms with Crippen LogP contribution in [0.1, 0.15) is 22.3 Å². The van der Waals surface area contributed by atoms with Crippen LogP contribution in [-0.4, -0.2) is 4.98 Å². The monoisotopic (exact) mass is 675 g/mol. The first-order valence-corrected chi connectivity index (χ1v) is 18.8. The largest absolute Gasteiger partial charge is 0.247 e. The van der Waals surface area contributed by atoms with Crippen molar-refractivity contribution in [1.29, 1.82) is 0 Å². The van der Waals surface area contributed by atoms with Crippen LogP contribution in [0.25, 0.3) is 86.5 Å². The van der Waals surface area contributed by atoms with Gasteiger partial charge in [-0.1, -0.05) is 164 Å². The van der Waals surface area contributed by atoms with Gasteiger partial charge in [0.2, 0.25) is 0 Å². The fraction of sp³-hybridized carbons (Fsp3) is 0.0200. The summed E-state index contributed by atoms with van der Waals surface area (Å²) >= 11 is 1.93. The van der Waals surface area contributed by atoms with Crippen molar-refractivity contribution < 1.29 is 0 Å². The summed E-state index contributed by atoms with van der Waals surface area (Å²) in [7, 11) is 0. The molecule has 0 radical (unpaired) electrons. The second-order valence-electron chi connectivity index (χ2n) is 14.1. The van der Waals surface area contributed by atoms with E-state index in [1.54, 1.807) is 0 Å². The van der Waals surface area contributed by atoms with Crippen LogP contribution in [-0.2, 0) is 5.41 Å². The average molecular weight is 676 g/mol.